The van der Waals surface area contributed by atoms with Gasteiger partial charge in [-0.05, 0) is 49.1 Å². The number of carboxylic acid groups (broad SMARTS) is 1. The van der Waals surface area contributed by atoms with Crippen molar-refractivity contribution in [3.05, 3.63) is 35.4 Å². The van der Waals surface area contributed by atoms with Crippen LogP contribution in [0.2, 0.25) is 0 Å². The first-order valence-corrected chi connectivity index (χ1v) is 7.46. The SMILES string of the molecule is Cc1cc(C=CC(=O)O)ccc1NS(=O)(=O)C1CC1. The molecule has 0 bridgehead atoms. The summed E-state index contributed by atoms with van der Waals surface area (Å²) in [7, 11) is -3.26. The first-order valence-electron chi connectivity index (χ1n) is 5.92. The predicted octanol–water partition coefficient (Wildman–Crippen LogP) is 2.00. The van der Waals surface area contributed by atoms with Gasteiger partial charge in [-0.2, -0.15) is 0 Å². The minimum absolute atomic E-state index is 0.265. The fourth-order valence-electron chi connectivity index (χ4n) is 1.69. The lowest BCUT2D eigenvalue weighted by Gasteiger charge is -2.10. The molecule has 0 aliphatic heterocycles. The van der Waals surface area contributed by atoms with Crippen molar-refractivity contribution in [2.75, 3.05) is 4.72 Å². The van der Waals surface area contributed by atoms with E-state index in [-0.39, 0.29) is 5.25 Å². The molecular weight excluding hydrogens is 266 g/mol. The van der Waals surface area contributed by atoms with Crippen molar-refractivity contribution in [2.24, 2.45) is 0 Å². The molecule has 0 heterocycles. The predicted molar refractivity (Wildman–Crippen MR) is 73.4 cm³/mol. The van der Waals surface area contributed by atoms with E-state index < -0.39 is 16.0 Å². The van der Waals surface area contributed by atoms with Gasteiger partial charge in [-0.3, -0.25) is 4.72 Å². The molecule has 0 atom stereocenters. The third-order valence-electron chi connectivity index (χ3n) is 2.88. The van der Waals surface area contributed by atoms with Crippen LogP contribution >= 0.6 is 0 Å². The van der Waals surface area contributed by atoms with Crippen LogP contribution in [0.5, 0.6) is 0 Å². The molecule has 1 aliphatic carbocycles. The van der Waals surface area contributed by atoms with E-state index in [4.69, 9.17) is 5.11 Å². The highest BCUT2D eigenvalue weighted by atomic mass is 32.2. The second-order valence-electron chi connectivity index (χ2n) is 4.59. The Morgan fingerprint density at radius 2 is 2.11 bits per heavy atom. The molecule has 1 fully saturated rings. The van der Waals surface area contributed by atoms with Crippen LogP contribution < -0.4 is 4.72 Å². The van der Waals surface area contributed by atoms with Gasteiger partial charge in [-0.25, -0.2) is 13.2 Å². The molecule has 19 heavy (non-hydrogen) atoms. The minimum Gasteiger partial charge on any atom is -0.478 e. The molecule has 0 saturated heterocycles. The molecule has 5 nitrogen and oxygen atoms in total. The lowest BCUT2D eigenvalue weighted by molar-refractivity contribution is -0.131. The van der Waals surface area contributed by atoms with Gasteiger partial charge in [-0.15, -0.1) is 0 Å². The Bertz CT molecular complexity index is 630. The molecule has 0 radical (unpaired) electrons. The van der Waals surface area contributed by atoms with Crippen LogP contribution in [0, 0.1) is 6.92 Å². The largest absolute Gasteiger partial charge is 0.478 e. The van der Waals surface area contributed by atoms with Crippen LogP contribution in [-0.4, -0.2) is 24.7 Å². The van der Waals surface area contributed by atoms with Gasteiger partial charge in [0.15, 0.2) is 0 Å². The Hall–Kier alpha value is -1.82. The van der Waals surface area contributed by atoms with Crippen LogP contribution in [-0.2, 0) is 14.8 Å². The van der Waals surface area contributed by atoms with Crippen LogP contribution in [0.25, 0.3) is 6.08 Å². The summed E-state index contributed by atoms with van der Waals surface area (Å²) < 4.78 is 26.2. The second-order valence-corrected chi connectivity index (χ2v) is 6.55. The van der Waals surface area contributed by atoms with Crippen molar-refractivity contribution in [3.8, 4) is 0 Å². The molecule has 1 saturated carbocycles. The van der Waals surface area contributed by atoms with Crippen LogP contribution in [0.3, 0.4) is 0 Å². The summed E-state index contributed by atoms with van der Waals surface area (Å²) in [5.74, 6) is -1.02. The standard InChI is InChI=1S/C13H15NO4S/c1-9-8-10(3-7-13(15)16)2-6-12(9)14-19(17,18)11-4-5-11/h2-3,6-8,11,14H,4-5H2,1H3,(H,15,16). The van der Waals surface area contributed by atoms with Gasteiger partial charge < -0.3 is 5.11 Å². The number of sulfonamides is 1. The molecule has 1 aromatic carbocycles. The van der Waals surface area contributed by atoms with Crippen LogP contribution in [0.4, 0.5) is 5.69 Å². The van der Waals surface area contributed by atoms with Crippen molar-refractivity contribution < 1.29 is 18.3 Å². The van der Waals surface area contributed by atoms with Gasteiger partial charge >= 0.3 is 5.97 Å². The number of hydrogen-bond donors (Lipinski definition) is 2. The Morgan fingerprint density at radius 1 is 1.42 bits per heavy atom. The Balaban J connectivity index is 2.17. The van der Waals surface area contributed by atoms with Gasteiger partial charge in [0.1, 0.15) is 0 Å². The maximum Gasteiger partial charge on any atom is 0.328 e. The van der Waals surface area contributed by atoms with E-state index in [0.717, 1.165) is 11.6 Å². The normalized spacial score (nSPS) is 15.6. The first kappa shape index (κ1) is 13.6. The molecule has 1 aromatic rings. The third kappa shape index (κ3) is 3.57. The number of carbonyl (C=O) groups is 1. The number of rotatable bonds is 5. The number of nitrogens with one attached hydrogen (secondary N) is 1. The maximum absolute atomic E-state index is 11.8. The number of carboxylic acids is 1. The monoisotopic (exact) mass is 281 g/mol. The third-order valence-corrected chi connectivity index (χ3v) is 4.74. The van der Waals surface area contributed by atoms with Gasteiger partial charge in [-0.1, -0.05) is 6.07 Å². The summed E-state index contributed by atoms with van der Waals surface area (Å²) in [6, 6.07) is 5.07. The number of aliphatic carboxylic acids is 1. The molecule has 2 rings (SSSR count). The quantitative estimate of drug-likeness (QED) is 0.808. The number of anilines is 1. The van der Waals surface area contributed by atoms with E-state index in [0.29, 0.717) is 24.1 Å². The molecule has 0 spiro atoms. The average Bonchev–Trinajstić information content (AvgIpc) is 3.13. The number of hydrogen-bond acceptors (Lipinski definition) is 3. The Kier molecular flexibility index (Phi) is 3.61. The van der Waals surface area contributed by atoms with E-state index in [9.17, 15) is 13.2 Å². The molecule has 0 aromatic heterocycles. The van der Waals surface area contributed by atoms with Gasteiger partial charge in [0.05, 0.1) is 10.9 Å². The molecule has 2 N–H and O–H groups in total. The lowest BCUT2D eigenvalue weighted by atomic mass is 10.1. The van der Waals surface area contributed by atoms with E-state index >= 15 is 0 Å². The van der Waals surface area contributed by atoms with Gasteiger partial charge in [0.25, 0.3) is 0 Å². The van der Waals surface area contributed by atoms with Crippen molar-refractivity contribution in [1.29, 1.82) is 0 Å². The van der Waals surface area contributed by atoms with E-state index in [1.54, 1.807) is 25.1 Å². The van der Waals surface area contributed by atoms with Crippen molar-refractivity contribution in [3.63, 3.8) is 0 Å². The molecule has 0 unspecified atom stereocenters. The number of aryl methyl sites for hydroxylation is 1. The highest BCUT2D eigenvalue weighted by Crippen LogP contribution is 2.30. The fraction of sp³-hybridized carbons (Fsp3) is 0.308. The second kappa shape index (κ2) is 5.05. The summed E-state index contributed by atoms with van der Waals surface area (Å²) in [4.78, 5) is 10.4. The topological polar surface area (TPSA) is 83.5 Å². The zero-order valence-electron chi connectivity index (χ0n) is 10.5. The summed E-state index contributed by atoms with van der Waals surface area (Å²) in [5.41, 5.74) is 2.02. The summed E-state index contributed by atoms with van der Waals surface area (Å²) in [5, 5.41) is 8.28. The minimum atomic E-state index is -3.26. The van der Waals surface area contributed by atoms with E-state index in [2.05, 4.69) is 4.72 Å². The van der Waals surface area contributed by atoms with E-state index in [1.807, 2.05) is 0 Å². The fourth-order valence-corrected chi connectivity index (χ4v) is 3.15. The molecule has 102 valence electrons. The molecule has 1 aliphatic rings. The average molecular weight is 281 g/mol. The smallest absolute Gasteiger partial charge is 0.328 e. The van der Waals surface area contributed by atoms with E-state index in [1.165, 1.54) is 6.08 Å². The lowest BCUT2D eigenvalue weighted by Crippen LogP contribution is -2.17. The van der Waals surface area contributed by atoms with Gasteiger partial charge in [0, 0.05) is 6.08 Å². The first-order chi connectivity index (χ1) is 8.88. The highest BCUT2D eigenvalue weighted by molar-refractivity contribution is 7.93. The Morgan fingerprint density at radius 3 is 2.63 bits per heavy atom. The summed E-state index contributed by atoms with van der Waals surface area (Å²) in [6.45, 7) is 1.78. The van der Waals surface area contributed by atoms with Crippen LogP contribution in [0.1, 0.15) is 24.0 Å². The molecule has 0 amide bonds. The highest BCUT2D eigenvalue weighted by Gasteiger charge is 2.35. The molecule has 6 heteroatoms. The van der Waals surface area contributed by atoms with Crippen molar-refractivity contribution >= 4 is 27.8 Å². The summed E-state index contributed by atoms with van der Waals surface area (Å²) in [6.07, 6.45) is 3.94. The van der Waals surface area contributed by atoms with Gasteiger partial charge in [0.2, 0.25) is 10.0 Å². The zero-order chi connectivity index (χ0) is 14.0. The zero-order valence-corrected chi connectivity index (χ0v) is 11.3. The summed E-state index contributed by atoms with van der Waals surface area (Å²) >= 11 is 0. The Labute approximate surface area is 112 Å². The van der Waals surface area contributed by atoms with Crippen LogP contribution in [0.15, 0.2) is 24.3 Å². The van der Waals surface area contributed by atoms with Crippen molar-refractivity contribution in [1.82, 2.24) is 0 Å². The molecular formula is C13H15NO4S. The van der Waals surface area contributed by atoms with Crippen molar-refractivity contribution in [2.45, 2.75) is 25.0 Å². The maximum atomic E-state index is 11.8. The number of benzene rings is 1.